The summed E-state index contributed by atoms with van der Waals surface area (Å²) in [5, 5.41) is 14.3. The van der Waals surface area contributed by atoms with E-state index >= 15 is 0 Å². The third-order valence-corrected chi connectivity index (χ3v) is 5.85. The lowest BCUT2D eigenvalue weighted by atomic mass is 9.98. The van der Waals surface area contributed by atoms with Crippen molar-refractivity contribution < 1.29 is 24.2 Å². The molecule has 164 valence electrons. The number of hydrogen-bond donors (Lipinski definition) is 3. The minimum absolute atomic E-state index is 0.0796. The molecule has 2 aromatic carbocycles. The molecule has 7 heteroatoms. The van der Waals surface area contributed by atoms with Crippen molar-refractivity contribution in [1.82, 2.24) is 10.6 Å². The molecule has 2 amide bonds. The highest BCUT2D eigenvalue weighted by Gasteiger charge is 2.30. The van der Waals surface area contributed by atoms with Crippen LogP contribution in [0.15, 0.2) is 48.5 Å². The number of carbonyl (C=O) groups is 3. The highest BCUT2D eigenvalue weighted by atomic mass is 16.5. The Kier molecular flexibility index (Phi) is 6.95. The number of benzene rings is 2. The third-order valence-electron chi connectivity index (χ3n) is 5.85. The lowest BCUT2D eigenvalue weighted by Crippen LogP contribution is -2.52. The second-order valence-corrected chi connectivity index (χ2v) is 7.90. The van der Waals surface area contributed by atoms with Crippen LogP contribution in [-0.4, -0.2) is 41.8 Å². The van der Waals surface area contributed by atoms with Gasteiger partial charge in [0.25, 0.3) is 0 Å². The molecule has 0 heterocycles. The molecule has 0 spiro atoms. The van der Waals surface area contributed by atoms with Gasteiger partial charge in [-0.2, -0.15) is 0 Å². The smallest absolute Gasteiger partial charge is 0.407 e. The first-order valence-corrected chi connectivity index (χ1v) is 10.5. The molecule has 31 heavy (non-hydrogen) atoms. The molecular weight excluding hydrogens is 396 g/mol. The molecule has 0 fully saturated rings. The fourth-order valence-electron chi connectivity index (χ4n) is 3.84. The van der Waals surface area contributed by atoms with Gasteiger partial charge < -0.3 is 20.5 Å². The average Bonchev–Trinajstić information content (AvgIpc) is 3.08. The topological polar surface area (TPSA) is 105 Å². The van der Waals surface area contributed by atoms with E-state index in [4.69, 9.17) is 4.74 Å². The molecule has 1 aliphatic rings. The van der Waals surface area contributed by atoms with E-state index in [1.54, 1.807) is 6.92 Å². The number of carboxylic acid groups (broad SMARTS) is 1. The molecule has 3 N–H and O–H groups in total. The van der Waals surface area contributed by atoms with Crippen molar-refractivity contribution in [1.29, 1.82) is 0 Å². The first-order valence-electron chi connectivity index (χ1n) is 10.5. The van der Waals surface area contributed by atoms with E-state index in [1.165, 1.54) is 6.92 Å². The Bertz CT molecular complexity index is 928. The van der Waals surface area contributed by atoms with Crippen LogP contribution in [0.3, 0.4) is 0 Å². The van der Waals surface area contributed by atoms with Gasteiger partial charge in [0.05, 0.1) is 0 Å². The first-order chi connectivity index (χ1) is 14.8. The van der Waals surface area contributed by atoms with Crippen LogP contribution in [0, 0.1) is 5.92 Å². The van der Waals surface area contributed by atoms with E-state index in [9.17, 15) is 19.5 Å². The molecule has 1 aliphatic carbocycles. The van der Waals surface area contributed by atoms with E-state index < -0.39 is 30.1 Å². The summed E-state index contributed by atoms with van der Waals surface area (Å²) in [7, 11) is 0. The molecule has 0 bridgehead atoms. The Labute approximate surface area is 181 Å². The molecule has 3 atom stereocenters. The summed E-state index contributed by atoms with van der Waals surface area (Å²) in [5.41, 5.74) is 4.45. The Balaban J connectivity index is 1.59. The maximum Gasteiger partial charge on any atom is 0.407 e. The SMILES string of the molecule is CCC(C)C(NC(=O)C(C)NC(=O)OCC1c2ccccc2-c2ccccc21)C(=O)O. The largest absolute Gasteiger partial charge is 0.480 e. The molecule has 0 aliphatic heterocycles. The summed E-state index contributed by atoms with van der Waals surface area (Å²) in [6.45, 7) is 5.24. The Morgan fingerprint density at radius 2 is 1.52 bits per heavy atom. The number of amides is 2. The van der Waals surface area contributed by atoms with E-state index in [0.717, 1.165) is 22.3 Å². The minimum Gasteiger partial charge on any atom is -0.480 e. The predicted molar refractivity (Wildman–Crippen MR) is 117 cm³/mol. The van der Waals surface area contributed by atoms with Gasteiger partial charge in [0.2, 0.25) is 5.91 Å². The maximum atomic E-state index is 12.4. The van der Waals surface area contributed by atoms with Gasteiger partial charge in [0, 0.05) is 5.92 Å². The van der Waals surface area contributed by atoms with Gasteiger partial charge in [0.1, 0.15) is 18.7 Å². The fraction of sp³-hybridized carbons (Fsp3) is 0.375. The van der Waals surface area contributed by atoms with Gasteiger partial charge in [-0.1, -0.05) is 68.8 Å². The highest BCUT2D eigenvalue weighted by molar-refractivity contribution is 5.89. The van der Waals surface area contributed by atoms with Crippen LogP contribution < -0.4 is 10.6 Å². The Morgan fingerprint density at radius 1 is 0.968 bits per heavy atom. The Morgan fingerprint density at radius 3 is 2.03 bits per heavy atom. The summed E-state index contributed by atoms with van der Waals surface area (Å²) in [4.78, 5) is 36.1. The molecule has 3 unspecified atom stereocenters. The predicted octanol–water partition coefficient (Wildman–Crippen LogP) is 3.53. The van der Waals surface area contributed by atoms with Crippen molar-refractivity contribution in [3.63, 3.8) is 0 Å². The van der Waals surface area contributed by atoms with E-state index in [-0.39, 0.29) is 18.4 Å². The summed E-state index contributed by atoms with van der Waals surface area (Å²) in [6, 6.07) is 14.1. The second-order valence-electron chi connectivity index (χ2n) is 7.90. The van der Waals surface area contributed by atoms with Gasteiger partial charge >= 0.3 is 12.1 Å². The quantitative estimate of drug-likeness (QED) is 0.601. The van der Waals surface area contributed by atoms with Gasteiger partial charge in [-0.05, 0) is 35.1 Å². The zero-order valence-corrected chi connectivity index (χ0v) is 17.9. The van der Waals surface area contributed by atoms with Gasteiger partial charge in [-0.25, -0.2) is 9.59 Å². The Hall–Kier alpha value is -3.35. The van der Waals surface area contributed by atoms with E-state index in [2.05, 4.69) is 22.8 Å². The van der Waals surface area contributed by atoms with Crippen molar-refractivity contribution in [3.8, 4) is 11.1 Å². The molecule has 0 saturated heterocycles. The third kappa shape index (κ3) is 4.87. The number of hydrogen-bond acceptors (Lipinski definition) is 4. The van der Waals surface area contributed by atoms with Crippen LogP contribution in [0.1, 0.15) is 44.2 Å². The van der Waals surface area contributed by atoms with E-state index in [1.807, 2.05) is 43.3 Å². The lowest BCUT2D eigenvalue weighted by Gasteiger charge is -2.22. The fourth-order valence-corrected chi connectivity index (χ4v) is 3.84. The van der Waals surface area contributed by atoms with Crippen LogP contribution in [0.2, 0.25) is 0 Å². The van der Waals surface area contributed by atoms with Crippen molar-refractivity contribution in [2.24, 2.45) is 5.92 Å². The zero-order valence-electron chi connectivity index (χ0n) is 17.9. The molecule has 3 rings (SSSR count). The summed E-state index contributed by atoms with van der Waals surface area (Å²) >= 11 is 0. The summed E-state index contributed by atoms with van der Waals surface area (Å²) in [6.07, 6.45) is -0.120. The average molecular weight is 424 g/mol. The van der Waals surface area contributed by atoms with E-state index in [0.29, 0.717) is 6.42 Å². The first kappa shape index (κ1) is 22.3. The van der Waals surface area contributed by atoms with Crippen LogP contribution >= 0.6 is 0 Å². The van der Waals surface area contributed by atoms with Crippen LogP contribution in [0.4, 0.5) is 4.79 Å². The zero-order chi connectivity index (χ0) is 22.5. The van der Waals surface area contributed by atoms with Crippen molar-refractivity contribution in [2.75, 3.05) is 6.61 Å². The molecule has 0 aromatic heterocycles. The van der Waals surface area contributed by atoms with Crippen molar-refractivity contribution in [2.45, 2.75) is 45.2 Å². The van der Waals surface area contributed by atoms with Gasteiger partial charge in [0.15, 0.2) is 0 Å². The molecule has 7 nitrogen and oxygen atoms in total. The van der Waals surface area contributed by atoms with Crippen molar-refractivity contribution in [3.05, 3.63) is 59.7 Å². The summed E-state index contributed by atoms with van der Waals surface area (Å²) in [5.74, 6) is -1.98. The number of rotatable bonds is 8. The standard InChI is InChI=1S/C24H28N2O5/c1-4-14(2)21(23(28)29)26-22(27)15(3)25-24(30)31-13-20-18-11-7-5-9-16(18)17-10-6-8-12-19(17)20/h5-12,14-15,20-21H,4,13H2,1-3H3,(H,25,30)(H,26,27)(H,28,29). The molecule has 0 radical (unpaired) electrons. The monoisotopic (exact) mass is 424 g/mol. The minimum atomic E-state index is -1.10. The highest BCUT2D eigenvalue weighted by Crippen LogP contribution is 2.44. The number of fused-ring (bicyclic) bond motifs is 3. The number of nitrogens with one attached hydrogen (secondary N) is 2. The number of carboxylic acids is 1. The molecule has 2 aromatic rings. The van der Waals surface area contributed by atoms with Crippen LogP contribution in [0.5, 0.6) is 0 Å². The van der Waals surface area contributed by atoms with Crippen LogP contribution in [0.25, 0.3) is 11.1 Å². The van der Waals surface area contributed by atoms with Crippen LogP contribution in [-0.2, 0) is 14.3 Å². The number of alkyl carbamates (subject to hydrolysis) is 1. The second kappa shape index (κ2) is 9.64. The molecule has 0 saturated carbocycles. The summed E-state index contributed by atoms with van der Waals surface area (Å²) < 4.78 is 5.44. The normalized spacial score (nSPS) is 15.2. The maximum absolute atomic E-state index is 12.4. The number of ether oxygens (including phenoxy) is 1. The van der Waals surface area contributed by atoms with Gasteiger partial charge in [-0.15, -0.1) is 0 Å². The van der Waals surface area contributed by atoms with Gasteiger partial charge in [-0.3, -0.25) is 4.79 Å². The molecular formula is C24H28N2O5. The lowest BCUT2D eigenvalue weighted by molar-refractivity contribution is -0.143. The van der Waals surface area contributed by atoms with Crippen molar-refractivity contribution >= 4 is 18.0 Å². The number of aliphatic carboxylic acids is 1. The number of carbonyl (C=O) groups excluding carboxylic acids is 2.